The fraction of sp³-hybridized carbons (Fsp3) is 0.583. The van der Waals surface area contributed by atoms with E-state index in [0.717, 1.165) is 61.5 Å². The van der Waals surface area contributed by atoms with Crippen LogP contribution in [0.25, 0.3) is 10.9 Å². The summed E-state index contributed by atoms with van der Waals surface area (Å²) in [6.07, 6.45) is 2.16. The van der Waals surface area contributed by atoms with Gasteiger partial charge in [-0.3, -0.25) is 4.90 Å². The standard InChI is InChI=1S/C36H56N8O5/c1-36(2,3)49-35(45)38-17-11-16-37-34-40-28-23-32(47-9)31(46-8)22-26(28)33(41-34)39-25-14-18-44(19-15-25)24-27-29(43(6)7)12-10-13-30(27)48-21-20-42(4)5/h10,12-13,22-23,25H,11,14-21,24H2,1-9H3,(H,38,45)(H2,37,39,40,41). The minimum absolute atomic E-state index is 0.230. The number of likely N-dealkylation sites (tertiary alicyclic amines) is 1. The molecule has 2 aromatic carbocycles. The highest BCUT2D eigenvalue weighted by molar-refractivity contribution is 5.92. The first-order chi connectivity index (χ1) is 23.4. The monoisotopic (exact) mass is 680 g/mol. The molecule has 1 aromatic heterocycles. The topological polar surface area (TPSA) is 126 Å². The molecule has 0 atom stereocenters. The molecule has 2 heterocycles. The maximum atomic E-state index is 12.0. The molecule has 0 bridgehead atoms. The van der Waals surface area contributed by atoms with Crippen molar-refractivity contribution in [2.24, 2.45) is 0 Å². The molecule has 49 heavy (non-hydrogen) atoms. The van der Waals surface area contributed by atoms with Gasteiger partial charge in [0.15, 0.2) is 11.5 Å². The molecule has 1 amide bonds. The van der Waals surface area contributed by atoms with E-state index < -0.39 is 11.7 Å². The van der Waals surface area contributed by atoms with Crippen LogP contribution in [0.2, 0.25) is 0 Å². The van der Waals surface area contributed by atoms with Gasteiger partial charge < -0.3 is 44.7 Å². The number of hydrogen-bond acceptors (Lipinski definition) is 12. The Labute approximate surface area is 291 Å². The number of anilines is 3. The molecule has 1 saturated heterocycles. The smallest absolute Gasteiger partial charge is 0.407 e. The van der Waals surface area contributed by atoms with Gasteiger partial charge in [-0.1, -0.05) is 6.07 Å². The summed E-state index contributed by atoms with van der Waals surface area (Å²) in [6, 6.07) is 10.3. The molecular formula is C36H56N8O5. The van der Waals surface area contributed by atoms with Crippen LogP contribution in [0, 0.1) is 0 Å². The Kier molecular flexibility index (Phi) is 13.4. The zero-order valence-electron chi connectivity index (χ0n) is 30.8. The Bertz CT molecular complexity index is 1520. The molecule has 1 aliphatic rings. The van der Waals surface area contributed by atoms with Crippen molar-refractivity contribution < 1.29 is 23.7 Å². The number of rotatable bonds is 16. The summed E-state index contributed by atoms with van der Waals surface area (Å²) in [5, 5.41) is 10.7. The normalized spacial score (nSPS) is 14.1. The zero-order chi connectivity index (χ0) is 35.6. The number of carbonyl (C=O) groups is 1. The van der Waals surface area contributed by atoms with Crippen LogP contribution >= 0.6 is 0 Å². The molecule has 3 N–H and O–H groups in total. The maximum absolute atomic E-state index is 12.0. The first kappa shape index (κ1) is 37.6. The number of amides is 1. The predicted octanol–water partition coefficient (Wildman–Crippen LogP) is 5.06. The number of carbonyl (C=O) groups excluding carboxylic acids is 1. The van der Waals surface area contributed by atoms with Crippen molar-refractivity contribution in [1.82, 2.24) is 25.1 Å². The second kappa shape index (κ2) is 17.4. The third-order valence-corrected chi connectivity index (χ3v) is 8.20. The molecule has 13 nitrogen and oxygen atoms in total. The SMILES string of the molecule is COc1cc2nc(NCCCNC(=O)OC(C)(C)C)nc(NC3CCN(Cc4c(OCCN(C)C)cccc4N(C)C)CC3)c2cc1OC. The number of ether oxygens (including phenoxy) is 4. The van der Waals surface area contributed by atoms with Gasteiger partial charge in [-0.05, 0) is 72.3 Å². The van der Waals surface area contributed by atoms with Crippen LogP contribution < -0.4 is 35.1 Å². The van der Waals surface area contributed by atoms with Gasteiger partial charge in [0.2, 0.25) is 5.95 Å². The van der Waals surface area contributed by atoms with Crippen LogP contribution in [-0.2, 0) is 11.3 Å². The summed E-state index contributed by atoms with van der Waals surface area (Å²) >= 11 is 0. The van der Waals surface area contributed by atoms with Crippen molar-refractivity contribution >= 4 is 34.4 Å². The van der Waals surface area contributed by atoms with Crippen molar-refractivity contribution in [2.45, 2.75) is 58.2 Å². The van der Waals surface area contributed by atoms with Crippen molar-refractivity contribution in [3.63, 3.8) is 0 Å². The van der Waals surface area contributed by atoms with E-state index in [9.17, 15) is 4.79 Å². The largest absolute Gasteiger partial charge is 0.493 e. The van der Waals surface area contributed by atoms with E-state index in [1.807, 2.05) is 32.9 Å². The van der Waals surface area contributed by atoms with Gasteiger partial charge >= 0.3 is 6.09 Å². The highest BCUT2D eigenvalue weighted by Gasteiger charge is 2.24. The van der Waals surface area contributed by atoms with Gasteiger partial charge in [-0.2, -0.15) is 4.98 Å². The van der Waals surface area contributed by atoms with Crippen LogP contribution in [0.4, 0.5) is 22.2 Å². The van der Waals surface area contributed by atoms with Gasteiger partial charge in [0.25, 0.3) is 0 Å². The molecule has 0 saturated carbocycles. The average Bonchev–Trinajstić information content (AvgIpc) is 3.04. The van der Waals surface area contributed by atoms with Crippen LogP contribution in [0.1, 0.15) is 45.6 Å². The first-order valence-corrected chi connectivity index (χ1v) is 17.1. The Hall–Kier alpha value is -4.23. The number of alkyl carbamates (subject to hydrolysis) is 1. The van der Waals surface area contributed by atoms with E-state index in [4.69, 9.17) is 28.9 Å². The average molecular weight is 681 g/mol. The number of benzene rings is 2. The molecule has 13 heteroatoms. The van der Waals surface area contributed by atoms with E-state index in [2.05, 4.69) is 77.0 Å². The van der Waals surface area contributed by atoms with E-state index in [1.54, 1.807) is 14.2 Å². The van der Waals surface area contributed by atoms with Gasteiger partial charge in [0.05, 0.1) is 19.7 Å². The molecule has 0 radical (unpaired) electrons. The number of methoxy groups -OCH3 is 2. The minimum Gasteiger partial charge on any atom is -0.493 e. The lowest BCUT2D eigenvalue weighted by Gasteiger charge is -2.34. The van der Waals surface area contributed by atoms with Crippen LogP contribution in [0.5, 0.6) is 17.2 Å². The van der Waals surface area contributed by atoms with Crippen LogP contribution in [-0.4, -0.2) is 119 Å². The Morgan fingerprint density at radius 2 is 1.69 bits per heavy atom. The van der Waals surface area contributed by atoms with E-state index in [-0.39, 0.29) is 6.04 Å². The Morgan fingerprint density at radius 3 is 2.35 bits per heavy atom. The lowest BCUT2D eigenvalue weighted by molar-refractivity contribution is 0.0527. The molecule has 1 fully saturated rings. The van der Waals surface area contributed by atoms with Crippen molar-refractivity contribution in [3.8, 4) is 17.2 Å². The van der Waals surface area contributed by atoms with Crippen molar-refractivity contribution in [1.29, 1.82) is 0 Å². The first-order valence-electron chi connectivity index (χ1n) is 17.1. The number of nitrogens with zero attached hydrogens (tertiary/aromatic N) is 5. The second-order valence-electron chi connectivity index (χ2n) is 13.8. The van der Waals surface area contributed by atoms with E-state index in [0.29, 0.717) is 43.6 Å². The van der Waals surface area contributed by atoms with Gasteiger partial charge in [0, 0.05) is 82.1 Å². The summed E-state index contributed by atoms with van der Waals surface area (Å²) in [7, 11) is 11.5. The Balaban J connectivity index is 1.43. The molecule has 0 unspecified atom stereocenters. The van der Waals surface area contributed by atoms with Crippen molar-refractivity contribution in [2.75, 3.05) is 97.3 Å². The zero-order valence-corrected chi connectivity index (χ0v) is 30.8. The summed E-state index contributed by atoms with van der Waals surface area (Å²) in [5.41, 5.74) is 2.61. The summed E-state index contributed by atoms with van der Waals surface area (Å²) < 4.78 is 22.8. The number of fused-ring (bicyclic) bond motifs is 1. The fourth-order valence-electron chi connectivity index (χ4n) is 5.70. The lowest BCUT2D eigenvalue weighted by atomic mass is 10.0. The van der Waals surface area contributed by atoms with E-state index in [1.165, 1.54) is 11.3 Å². The fourth-order valence-corrected chi connectivity index (χ4v) is 5.70. The molecule has 4 rings (SSSR count). The van der Waals surface area contributed by atoms with Gasteiger partial charge in [0.1, 0.15) is 23.8 Å². The Morgan fingerprint density at radius 1 is 0.980 bits per heavy atom. The van der Waals surface area contributed by atoms with Gasteiger partial charge in [-0.15, -0.1) is 0 Å². The number of likely N-dealkylation sites (N-methyl/N-ethyl adjacent to an activating group) is 1. The molecule has 0 aliphatic carbocycles. The highest BCUT2D eigenvalue weighted by Crippen LogP contribution is 2.36. The third kappa shape index (κ3) is 11.1. The molecule has 0 spiro atoms. The second-order valence-corrected chi connectivity index (χ2v) is 13.8. The molecule has 3 aromatic rings. The molecule has 1 aliphatic heterocycles. The number of piperidine rings is 1. The molecular weight excluding hydrogens is 624 g/mol. The summed E-state index contributed by atoms with van der Waals surface area (Å²) in [5.74, 6) is 3.41. The van der Waals surface area contributed by atoms with E-state index >= 15 is 0 Å². The quantitative estimate of drug-likeness (QED) is 0.175. The van der Waals surface area contributed by atoms with Crippen LogP contribution in [0.3, 0.4) is 0 Å². The van der Waals surface area contributed by atoms with Crippen molar-refractivity contribution in [3.05, 3.63) is 35.9 Å². The highest BCUT2D eigenvalue weighted by atomic mass is 16.6. The number of aromatic nitrogens is 2. The number of hydrogen-bond donors (Lipinski definition) is 3. The number of nitrogens with one attached hydrogen (secondary N) is 3. The summed E-state index contributed by atoms with van der Waals surface area (Å²) in [4.78, 5) is 28.5. The predicted molar refractivity (Wildman–Crippen MR) is 197 cm³/mol. The maximum Gasteiger partial charge on any atom is 0.407 e. The summed E-state index contributed by atoms with van der Waals surface area (Å²) in [6.45, 7) is 10.8. The third-order valence-electron chi connectivity index (χ3n) is 8.20. The van der Waals surface area contributed by atoms with Crippen LogP contribution in [0.15, 0.2) is 30.3 Å². The minimum atomic E-state index is -0.535. The lowest BCUT2D eigenvalue weighted by Crippen LogP contribution is -2.39. The van der Waals surface area contributed by atoms with Gasteiger partial charge in [-0.25, -0.2) is 9.78 Å². The molecule has 270 valence electrons.